The molecular formula is C14H30N2. The smallest absolute Gasteiger partial charge is 0.00191 e. The third-order valence-corrected chi connectivity index (χ3v) is 3.86. The van der Waals surface area contributed by atoms with Gasteiger partial charge in [0.15, 0.2) is 0 Å². The van der Waals surface area contributed by atoms with Gasteiger partial charge in [-0.1, -0.05) is 32.1 Å². The number of hydrogen-bond acceptors (Lipinski definition) is 2. The predicted molar refractivity (Wildman–Crippen MR) is 71.8 cm³/mol. The van der Waals surface area contributed by atoms with E-state index in [1.54, 1.807) is 0 Å². The molecule has 0 bridgehead atoms. The molecule has 1 rings (SSSR count). The highest BCUT2D eigenvalue weighted by Gasteiger charge is 2.13. The minimum absolute atomic E-state index is 1.04. The first-order valence-corrected chi connectivity index (χ1v) is 7.16. The molecule has 1 saturated carbocycles. The summed E-state index contributed by atoms with van der Waals surface area (Å²) in [6.45, 7) is 3.75. The number of unbranched alkanes of at least 4 members (excludes halogenated alkanes) is 1. The van der Waals surface area contributed by atoms with Crippen LogP contribution in [0.5, 0.6) is 0 Å². The van der Waals surface area contributed by atoms with Crippen molar-refractivity contribution >= 4 is 0 Å². The van der Waals surface area contributed by atoms with Crippen molar-refractivity contribution in [2.24, 2.45) is 5.92 Å². The van der Waals surface area contributed by atoms with E-state index in [1.807, 2.05) is 7.05 Å². The second-order valence-electron chi connectivity index (χ2n) is 5.41. The van der Waals surface area contributed by atoms with E-state index in [0.717, 1.165) is 12.5 Å². The van der Waals surface area contributed by atoms with Gasteiger partial charge in [0.1, 0.15) is 0 Å². The Morgan fingerprint density at radius 3 is 2.50 bits per heavy atom. The van der Waals surface area contributed by atoms with Crippen LogP contribution in [0.15, 0.2) is 0 Å². The molecule has 2 heteroatoms. The maximum Gasteiger partial charge on any atom is -0.00191 e. The van der Waals surface area contributed by atoms with Gasteiger partial charge in [0.05, 0.1) is 0 Å². The molecule has 0 heterocycles. The summed E-state index contributed by atoms with van der Waals surface area (Å²) in [5, 5.41) is 3.21. The van der Waals surface area contributed by atoms with Crippen molar-refractivity contribution in [2.45, 2.75) is 51.4 Å². The maximum absolute atomic E-state index is 3.21. The number of nitrogens with zero attached hydrogens (tertiary/aromatic N) is 1. The molecular weight excluding hydrogens is 196 g/mol. The van der Waals surface area contributed by atoms with Crippen molar-refractivity contribution in [3.05, 3.63) is 0 Å². The summed E-state index contributed by atoms with van der Waals surface area (Å²) >= 11 is 0. The fourth-order valence-corrected chi connectivity index (χ4v) is 2.67. The van der Waals surface area contributed by atoms with Crippen LogP contribution in [-0.4, -0.2) is 38.6 Å². The zero-order valence-electron chi connectivity index (χ0n) is 11.3. The summed E-state index contributed by atoms with van der Waals surface area (Å²) in [5.74, 6) is 1.04. The average molecular weight is 226 g/mol. The second-order valence-corrected chi connectivity index (χ2v) is 5.41. The second kappa shape index (κ2) is 9.00. The Hall–Kier alpha value is -0.0800. The third-order valence-electron chi connectivity index (χ3n) is 3.86. The molecule has 96 valence electrons. The largest absolute Gasteiger partial charge is 0.320 e. The highest BCUT2D eigenvalue weighted by molar-refractivity contribution is 4.67. The lowest BCUT2D eigenvalue weighted by Crippen LogP contribution is -2.24. The molecule has 16 heavy (non-hydrogen) atoms. The molecule has 0 aromatic heterocycles. The van der Waals surface area contributed by atoms with Gasteiger partial charge in [-0.2, -0.15) is 0 Å². The standard InChI is InChI=1S/C14H30N2/c1-15-11-6-7-12-16(2)13-10-14-8-4-3-5-9-14/h14-15H,3-13H2,1-2H3. The maximum atomic E-state index is 3.21. The molecule has 1 aliphatic carbocycles. The van der Waals surface area contributed by atoms with Crippen LogP contribution in [0.1, 0.15) is 51.4 Å². The van der Waals surface area contributed by atoms with Gasteiger partial charge in [-0.3, -0.25) is 0 Å². The lowest BCUT2D eigenvalue weighted by atomic mass is 9.87. The topological polar surface area (TPSA) is 15.3 Å². The first-order chi connectivity index (χ1) is 7.83. The number of rotatable bonds is 8. The first kappa shape index (κ1) is 14.0. The number of nitrogens with one attached hydrogen (secondary N) is 1. The fraction of sp³-hybridized carbons (Fsp3) is 1.00. The summed E-state index contributed by atoms with van der Waals surface area (Å²) in [4.78, 5) is 2.52. The normalized spacial score (nSPS) is 18.2. The van der Waals surface area contributed by atoms with Gasteiger partial charge in [0.25, 0.3) is 0 Å². The van der Waals surface area contributed by atoms with E-state index in [-0.39, 0.29) is 0 Å². The summed E-state index contributed by atoms with van der Waals surface area (Å²) in [6.07, 6.45) is 11.5. The lowest BCUT2D eigenvalue weighted by Gasteiger charge is -2.24. The summed E-state index contributed by atoms with van der Waals surface area (Å²) in [7, 11) is 4.31. The third kappa shape index (κ3) is 6.49. The predicted octanol–water partition coefficient (Wildman–Crippen LogP) is 2.89. The Morgan fingerprint density at radius 1 is 1.06 bits per heavy atom. The molecule has 1 N–H and O–H groups in total. The SMILES string of the molecule is CNCCCCN(C)CCC1CCCCC1. The van der Waals surface area contributed by atoms with E-state index in [0.29, 0.717) is 0 Å². The highest BCUT2D eigenvalue weighted by Crippen LogP contribution is 2.26. The van der Waals surface area contributed by atoms with Crippen LogP contribution in [0.25, 0.3) is 0 Å². The fourth-order valence-electron chi connectivity index (χ4n) is 2.67. The highest BCUT2D eigenvalue weighted by atomic mass is 15.1. The molecule has 1 aliphatic rings. The van der Waals surface area contributed by atoms with Crippen molar-refractivity contribution in [3.63, 3.8) is 0 Å². The summed E-state index contributed by atoms with van der Waals surface area (Å²) < 4.78 is 0. The minimum Gasteiger partial charge on any atom is -0.320 e. The molecule has 0 atom stereocenters. The van der Waals surface area contributed by atoms with E-state index < -0.39 is 0 Å². The Bertz CT molecular complexity index is 153. The average Bonchev–Trinajstić information content (AvgIpc) is 2.33. The van der Waals surface area contributed by atoms with Crippen molar-refractivity contribution in [2.75, 3.05) is 33.7 Å². The molecule has 0 aliphatic heterocycles. The Kier molecular flexibility index (Phi) is 7.87. The molecule has 0 radical (unpaired) electrons. The van der Waals surface area contributed by atoms with Gasteiger partial charge in [-0.05, 0) is 58.9 Å². The van der Waals surface area contributed by atoms with E-state index in [2.05, 4.69) is 17.3 Å². The van der Waals surface area contributed by atoms with Gasteiger partial charge in [-0.25, -0.2) is 0 Å². The summed E-state index contributed by atoms with van der Waals surface area (Å²) in [6, 6.07) is 0. The van der Waals surface area contributed by atoms with Gasteiger partial charge >= 0.3 is 0 Å². The van der Waals surface area contributed by atoms with Crippen LogP contribution >= 0.6 is 0 Å². The lowest BCUT2D eigenvalue weighted by molar-refractivity contribution is 0.261. The molecule has 0 amide bonds. The van der Waals surface area contributed by atoms with E-state index in [4.69, 9.17) is 0 Å². The van der Waals surface area contributed by atoms with E-state index in [1.165, 1.54) is 64.5 Å². The zero-order chi connectivity index (χ0) is 11.6. The molecule has 0 aromatic rings. The van der Waals surface area contributed by atoms with Gasteiger partial charge in [-0.15, -0.1) is 0 Å². The van der Waals surface area contributed by atoms with Crippen LogP contribution in [0.2, 0.25) is 0 Å². The molecule has 1 fully saturated rings. The molecule has 0 saturated heterocycles. The van der Waals surface area contributed by atoms with Crippen LogP contribution in [0.4, 0.5) is 0 Å². The Labute approximate surface area is 102 Å². The quantitative estimate of drug-likeness (QED) is 0.640. The van der Waals surface area contributed by atoms with Crippen molar-refractivity contribution in [1.29, 1.82) is 0 Å². The van der Waals surface area contributed by atoms with Gasteiger partial charge < -0.3 is 10.2 Å². The first-order valence-electron chi connectivity index (χ1n) is 7.16. The summed E-state index contributed by atoms with van der Waals surface area (Å²) in [5.41, 5.74) is 0. The Morgan fingerprint density at radius 2 is 1.81 bits per heavy atom. The van der Waals surface area contributed by atoms with Crippen LogP contribution in [0, 0.1) is 5.92 Å². The minimum atomic E-state index is 1.04. The molecule has 0 aromatic carbocycles. The van der Waals surface area contributed by atoms with Crippen LogP contribution in [-0.2, 0) is 0 Å². The van der Waals surface area contributed by atoms with E-state index in [9.17, 15) is 0 Å². The van der Waals surface area contributed by atoms with Gasteiger partial charge in [0.2, 0.25) is 0 Å². The van der Waals surface area contributed by atoms with Crippen LogP contribution < -0.4 is 5.32 Å². The monoisotopic (exact) mass is 226 g/mol. The van der Waals surface area contributed by atoms with Crippen LogP contribution in [0.3, 0.4) is 0 Å². The molecule has 0 spiro atoms. The number of hydrogen-bond donors (Lipinski definition) is 1. The van der Waals surface area contributed by atoms with E-state index >= 15 is 0 Å². The van der Waals surface area contributed by atoms with Crippen molar-refractivity contribution in [3.8, 4) is 0 Å². The van der Waals surface area contributed by atoms with Gasteiger partial charge in [0, 0.05) is 0 Å². The molecule has 0 unspecified atom stereocenters. The van der Waals surface area contributed by atoms with Crippen molar-refractivity contribution in [1.82, 2.24) is 10.2 Å². The molecule has 2 nitrogen and oxygen atoms in total. The van der Waals surface area contributed by atoms with Crippen molar-refractivity contribution < 1.29 is 0 Å². The Balaban J connectivity index is 1.94. The zero-order valence-corrected chi connectivity index (χ0v) is 11.3.